The molecule has 0 heterocycles. The highest BCUT2D eigenvalue weighted by molar-refractivity contribution is 9.10. The summed E-state index contributed by atoms with van der Waals surface area (Å²) in [5.41, 5.74) is 0.515. The zero-order valence-corrected chi connectivity index (χ0v) is 10.2. The molecule has 2 N–H and O–H groups in total. The summed E-state index contributed by atoms with van der Waals surface area (Å²) in [5, 5.41) is 12.7. The van der Waals surface area contributed by atoms with Gasteiger partial charge in [0, 0.05) is 11.6 Å². The molecule has 3 nitrogen and oxygen atoms in total. The Balaban J connectivity index is 3.15. The van der Waals surface area contributed by atoms with Gasteiger partial charge in [-0.1, -0.05) is 0 Å². The minimum atomic E-state index is -0.434. The van der Waals surface area contributed by atoms with Crippen LogP contribution in [0.15, 0.2) is 10.5 Å². The summed E-state index contributed by atoms with van der Waals surface area (Å²) in [6, 6.07) is 1.16. The second-order valence-corrected chi connectivity index (χ2v) is 3.85. The predicted molar refractivity (Wildman–Crippen MR) is 59.9 cm³/mol. The fourth-order valence-electron chi connectivity index (χ4n) is 1.28. The number of phenolic OH excluding ortho intramolecular Hbond substituents is 1. The molecule has 1 aromatic carbocycles. The number of likely N-dealkylation sites (N-methyl/N-ethyl adjacent to an activating group) is 1. The first-order chi connectivity index (χ1) is 7.11. The van der Waals surface area contributed by atoms with Gasteiger partial charge in [-0.3, -0.25) is 0 Å². The van der Waals surface area contributed by atoms with Crippen molar-refractivity contribution in [2.45, 2.75) is 6.42 Å². The van der Waals surface area contributed by atoms with Gasteiger partial charge in [0.05, 0.1) is 11.6 Å². The van der Waals surface area contributed by atoms with Gasteiger partial charge in [0.25, 0.3) is 0 Å². The molecule has 1 rings (SSSR count). The maximum Gasteiger partial charge on any atom is 0.163 e. The highest BCUT2D eigenvalue weighted by Gasteiger charge is 2.16. The molecule has 0 radical (unpaired) electrons. The third kappa shape index (κ3) is 2.60. The van der Waals surface area contributed by atoms with Crippen LogP contribution in [0.2, 0.25) is 0 Å². The molecule has 15 heavy (non-hydrogen) atoms. The third-order valence-corrected chi connectivity index (χ3v) is 2.95. The first-order valence-electron chi connectivity index (χ1n) is 4.50. The molecule has 0 spiro atoms. The quantitative estimate of drug-likeness (QED) is 0.885. The van der Waals surface area contributed by atoms with Gasteiger partial charge in [-0.25, -0.2) is 4.39 Å². The Morgan fingerprint density at radius 2 is 2.27 bits per heavy atom. The molecule has 0 aliphatic rings. The van der Waals surface area contributed by atoms with Gasteiger partial charge in [0.15, 0.2) is 11.5 Å². The van der Waals surface area contributed by atoms with Crippen molar-refractivity contribution in [3.05, 3.63) is 21.9 Å². The number of phenols is 1. The van der Waals surface area contributed by atoms with Crippen LogP contribution in [0.4, 0.5) is 4.39 Å². The predicted octanol–water partition coefficient (Wildman–Crippen LogP) is 2.06. The summed E-state index contributed by atoms with van der Waals surface area (Å²) in [5.74, 6) is -0.293. The second-order valence-electron chi connectivity index (χ2n) is 3.06. The molecule has 0 saturated carbocycles. The molecule has 0 amide bonds. The van der Waals surface area contributed by atoms with Gasteiger partial charge in [0.2, 0.25) is 0 Å². The van der Waals surface area contributed by atoms with Gasteiger partial charge in [0.1, 0.15) is 5.82 Å². The van der Waals surface area contributed by atoms with Crippen molar-refractivity contribution in [2.75, 3.05) is 20.7 Å². The number of aromatic hydroxyl groups is 1. The Kier molecular flexibility index (Phi) is 4.35. The Bertz CT molecular complexity index is 358. The van der Waals surface area contributed by atoms with Crippen LogP contribution in [0, 0.1) is 5.82 Å². The van der Waals surface area contributed by atoms with Crippen LogP contribution in [0.25, 0.3) is 0 Å². The van der Waals surface area contributed by atoms with E-state index in [9.17, 15) is 9.50 Å². The fraction of sp³-hybridized carbons (Fsp3) is 0.400. The van der Waals surface area contributed by atoms with Crippen LogP contribution in [-0.2, 0) is 6.42 Å². The summed E-state index contributed by atoms with van der Waals surface area (Å²) < 4.78 is 18.5. The van der Waals surface area contributed by atoms with Crippen molar-refractivity contribution < 1.29 is 14.2 Å². The molecular weight excluding hydrogens is 265 g/mol. The minimum absolute atomic E-state index is 0.0129. The Labute approximate surface area is 96.4 Å². The Hall–Kier alpha value is -0.810. The number of rotatable bonds is 4. The molecule has 0 fully saturated rings. The molecule has 0 aliphatic heterocycles. The fourth-order valence-corrected chi connectivity index (χ4v) is 1.78. The second kappa shape index (κ2) is 5.32. The van der Waals surface area contributed by atoms with Crippen LogP contribution in [0.5, 0.6) is 11.5 Å². The molecule has 0 aromatic heterocycles. The summed E-state index contributed by atoms with van der Waals surface area (Å²) in [4.78, 5) is 0. The van der Waals surface area contributed by atoms with E-state index >= 15 is 0 Å². The number of nitrogens with one attached hydrogen (secondary N) is 1. The monoisotopic (exact) mass is 277 g/mol. The number of benzene rings is 1. The SMILES string of the molecule is CNCCc1c(O)c(OC)cc(F)c1Br. The number of hydrogen-bond donors (Lipinski definition) is 2. The summed E-state index contributed by atoms with van der Waals surface area (Å²) in [6.45, 7) is 0.652. The first-order valence-corrected chi connectivity index (χ1v) is 5.29. The van der Waals surface area contributed by atoms with E-state index in [0.29, 0.717) is 18.5 Å². The van der Waals surface area contributed by atoms with Gasteiger partial charge in [-0.15, -0.1) is 0 Å². The summed E-state index contributed by atoms with van der Waals surface area (Å²) in [6.07, 6.45) is 0.525. The summed E-state index contributed by atoms with van der Waals surface area (Å²) >= 11 is 3.11. The van der Waals surface area contributed by atoms with E-state index in [2.05, 4.69) is 21.2 Å². The molecule has 0 bridgehead atoms. The van der Waals surface area contributed by atoms with Gasteiger partial charge >= 0.3 is 0 Å². The molecule has 0 unspecified atom stereocenters. The molecule has 0 atom stereocenters. The zero-order valence-electron chi connectivity index (χ0n) is 8.60. The smallest absolute Gasteiger partial charge is 0.163 e. The van der Waals surface area contributed by atoms with E-state index in [-0.39, 0.29) is 16.0 Å². The largest absolute Gasteiger partial charge is 0.504 e. The Morgan fingerprint density at radius 3 is 2.80 bits per heavy atom. The molecular formula is C10H13BrFNO2. The van der Waals surface area contributed by atoms with Crippen LogP contribution in [-0.4, -0.2) is 25.8 Å². The minimum Gasteiger partial charge on any atom is -0.504 e. The molecule has 0 saturated heterocycles. The van der Waals surface area contributed by atoms with Gasteiger partial charge in [-0.2, -0.15) is 0 Å². The number of hydrogen-bond acceptors (Lipinski definition) is 3. The topological polar surface area (TPSA) is 41.5 Å². The average molecular weight is 278 g/mol. The normalized spacial score (nSPS) is 10.4. The number of methoxy groups -OCH3 is 1. The van der Waals surface area contributed by atoms with Crippen LogP contribution in [0.1, 0.15) is 5.56 Å². The van der Waals surface area contributed by atoms with Crippen molar-refractivity contribution in [3.63, 3.8) is 0 Å². The summed E-state index contributed by atoms with van der Waals surface area (Å²) in [7, 11) is 3.19. The van der Waals surface area contributed by atoms with E-state index in [1.807, 2.05) is 0 Å². The van der Waals surface area contributed by atoms with Crippen LogP contribution < -0.4 is 10.1 Å². The van der Waals surface area contributed by atoms with Crippen LogP contribution in [0.3, 0.4) is 0 Å². The van der Waals surface area contributed by atoms with Crippen molar-refractivity contribution in [3.8, 4) is 11.5 Å². The third-order valence-electron chi connectivity index (χ3n) is 2.10. The highest BCUT2D eigenvalue weighted by atomic mass is 79.9. The van der Waals surface area contributed by atoms with Crippen molar-refractivity contribution in [1.29, 1.82) is 0 Å². The maximum absolute atomic E-state index is 13.4. The lowest BCUT2D eigenvalue weighted by atomic mass is 10.1. The Morgan fingerprint density at radius 1 is 1.60 bits per heavy atom. The van der Waals surface area contributed by atoms with Crippen molar-refractivity contribution >= 4 is 15.9 Å². The first kappa shape index (κ1) is 12.3. The molecule has 84 valence electrons. The van der Waals surface area contributed by atoms with E-state index in [1.54, 1.807) is 7.05 Å². The van der Waals surface area contributed by atoms with Crippen molar-refractivity contribution in [2.24, 2.45) is 0 Å². The number of ether oxygens (including phenoxy) is 1. The lowest BCUT2D eigenvalue weighted by molar-refractivity contribution is 0.366. The van der Waals surface area contributed by atoms with Crippen LogP contribution >= 0.6 is 15.9 Å². The van der Waals surface area contributed by atoms with E-state index in [1.165, 1.54) is 7.11 Å². The van der Waals surface area contributed by atoms with E-state index in [4.69, 9.17) is 4.74 Å². The molecule has 5 heteroatoms. The number of halogens is 2. The molecule has 1 aromatic rings. The zero-order chi connectivity index (χ0) is 11.4. The lowest BCUT2D eigenvalue weighted by Crippen LogP contribution is -2.11. The lowest BCUT2D eigenvalue weighted by Gasteiger charge is -2.11. The van der Waals surface area contributed by atoms with E-state index < -0.39 is 5.82 Å². The average Bonchev–Trinajstić information content (AvgIpc) is 2.23. The van der Waals surface area contributed by atoms with Gasteiger partial charge in [-0.05, 0) is 35.9 Å². The van der Waals surface area contributed by atoms with E-state index in [0.717, 1.165) is 6.07 Å². The maximum atomic E-state index is 13.4. The standard InChI is InChI=1S/C10H13BrFNO2/c1-13-4-3-6-9(11)7(12)5-8(15-2)10(6)14/h5,13-14H,3-4H2,1-2H3. The highest BCUT2D eigenvalue weighted by Crippen LogP contribution is 2.37. The van der Waals surface area contributed by atoms with Gasteiger partial charge < -0.3 is 15.2 Å². The van der Waals surface area contributed by atoms with Crippen molar-refractivity contribution in [1.82, 2.24) is 5.32 Å². The molecule has 0 aliphatic carbocycles.